The van der Waals surface area contributed by atoms with E-state index in [1.165, 1.54) is 0 Å². The minimum Gasteiger partial charge on any atom is -0.419 e. The van der Waals surface area contributed by atoms with Gasteiger partial charge in [0.2, 0.25) is 11.8 Å². The van der Waals surface area contributed by atoms with Crippen molar-refractivity contribution in [1.29, 1.82) is 0 Å². The first kappa shape index (κ1) is 19.9. The Kier molecular flexibility index (Phi) is 6.19. The summed E-state index contributed by atoms with van der Waals surface area (Å²) in [6.45, 7) is 4.01. The third-order valence-electron chi connectivity index (χ3n) is 3.91. The predicted octanol–water partition coefficient (Wildman–Crippen LogP) is 5.86. The molecule has 0 aliphatic rings. The molecule has 2 aromatic carbocycles. The van der Waals surface area contributed by atoms with Crippen molar-refractivity contribution in [2.45, 2.75) is 26.4 Å². The van der Waals surface area contributed by atoms with Crippen molar-refractivity contribution >= 4 is 45.0 Å². The summed E-state index contributed by atoms with van der Waals surface area (Å²) < 4.78 is 6.51. The van der Waals surface area contributed by atoms with E-state index in [0.717, 1.165) is 10.0 Å². The van der Waals surface area contributed by atoms with Crippen LogP contribution in [-0.4, -0.2) is 27.0 Å². The number of carbonyl (C=O) groups is 1. The summed E-state index contributed by atoms with van der Waals surface area (Å²) in [5, 5.41) is 9.14. The van der Waals surface area contributed by atoms with Crippen LogP contribution in [0.1, 0.15) is 30.1 Å². The van der Waals surface area contributed by atoms with E-state index in [0.29, 0.717) is 27.4 Å². The van der Waals surface area contributed by atoms with Crippen molar-refractivity contribution in [3.63, 3.8) is 0 Å². The van der Waals surface area contributed by atoms with E-state index in [-0.39, 0.29) is 18.5 Å². The van der Waals surface area contributed by atoms with Crippen LogP contribution in [0.4, 0.5) is 0 Å². The largest absolute Gasteiger partial charge is 0.419 e. The van der Waals surface area contributed by atoms with Crippen LogP contribution in [0.5, 0.6) is 0 Å². The average Bonchev–Trinajstić information content (AvgIpc) is 3.10. The second-order valence-corrected chi connectivity index (χ2v) is 7.92. The number of nitrogens with zero attached hydrogens (tertiary/aromatic N) is 3. The molecule has 140 valence electrons. The lowest BCUT2D eigenvalue weighted by Crippen LogP contribution is -2.36. The number of aromatic nitrogens is 2. The smallest absolute Gasteiger partial charge is 0.256 e. The summed E-state index contributed by atoms with van der Waals surface area (Å²) in [6.07, 6.45) is 0. The highest BCUT2D eigenvalue weighted by atomic mass is 79.9. The van der Waals surface area contributed by atoms with Gasteiger partial charge in [0.15, 0.2) is 0 Å². The third kappa shape index (κ3) is 4.69. The summed E-state index contributed by atoms with van der Waals surface area (Å²) in [4.78, 5) is 14.6. The van der Waals surface area contributed by atoms with Gasteiger partial charge in [0.05, 0.1) is 17.1 Å². The Morgan fingerprint density at radius 3 is 2.52 bits per heavy atom. The third-order valence-corrected chi connectivity index (χ3v) is 4.98. The van der Waals surface area contributed by atoms with Crippen molar-refractivity contribution < 1.29 is 9.21 Å². The van der Waals surface area contributed by atoms with Gasteiger partial charge in [-0.15, -0.1) is 10.2 Å². The molecule has 5 nitrogen and oxygen atoms in total. The van der Waals surface area contributed by atoms with Crippen LogP contribution in [0, 0.1) is 0 Å². The highest BCUT2D eigenvalue weighted by molar-refractivity contribution is 9.10. The molecule has 1 heterocycles. The van der Waals surface area contributed by atoms with Crippen molar-refractivity contribution in [3.05, 3.63) is 68.4 Å². The topological polar surface area (TPSA) is 59.2 Å². The zero-order chi connectivity index (χ0) is 19.6. The fraction of sp³-hybridized carbons (Fsp3) is 0.211. The molecule has 3 aromatic rings. The van der Waals surface area contributed by atoms with Gasteiger partial charge in [0, 0.05) is 21.1 Å². The number of amides is 1. The lowest BCUT2D eigenvalue weighted by Gasteiger charge is -2.25. The van der Waals surface area contributed by atoms with Gasteiger partial charge in [-0.2, -0.15) is 0 Å². The standard InChI is InChI=1S/C19H16BrCl2N3O2/c1-11(2)25(19(26)15-9-13(20)5-8-16(15)22)10-17-23-24-18(27-17)12-3-6-14(21)7-4-12/h3-9,11H,10H2,1-2H3. The Hall–Kier alpha value is -1.89. The molecule has 0 spiro atoms. The van der Waals surface area contributed by atoms with E-state index in [4.69, 9.17) is 27.6 Å². The lowest BCUT2D eigenvalue weighted by molar-refractivity contribution is 0.0672. The van der Waals surface area contributed by atoms with E-state index in [1.807, 2.05) is 13.8 Å². The Labute approximate surface area is 175 Å². The Balaban J connectivity index is 1.84. The highest BCUT2D eigenvalue weighted by Crippen LogP contribution is 2.25. The molecule has 0 N–H and O–H groups in total. The van der Waals surface area contributed by atoms with Gasteiger partial charge in [-0.1, -0.05) is 39.1 Å². The van der Waals surface area contributed by atoms with E-state index >= 15 is 0 Å². The van der Waals surface area contributed by atoms with Gasteiger partial charge >= 0.3 is 0 Å². The van der Waals surface area contributed by atoms with E-state index < -0.39 is 0 Å². The predicted molar refractivity (Wildman–Crippen MR) is 109 cm³/mol. The molecule has 0 bridgehead atoms. The summed E-state index contributed by atoms with van der Waals surface area (Å²) >= 11 is 15.5. The zero-order valence-corrected chi connectivity index (χ0v) is 17.7. The number of rotatable bonds is 5. The molecule has 1 aromatic heterocycles. The Morgan fingerprint density at radius 2 is 1.85 bits per heavy atom. The minimum atomic E-state index is -0.206. The van der Waals surface area contributed by atoms with Crippen LogP contribution in [0.15, 0.2) is 51.4 Å². The maximum atomic E-state index is 13.0. The minimum absolute atomic E-state index is 0.0848. The van der Waals surface area contributed by atoms with Crippen LogP contribution < -0.4 is 0 Å². The van der Waals surface area contributed by atoms with Gasteiger partial charge in [0.25, 0.3) is 5.91 Å². The number of benzene rings is 2. The maximum Gasteiger partial charge on any atom is 0.256 e. The second-order valence-electron chi connectivity index (χ2n) is 6.16. The number of carbonyl (C=O) groups excluding carboxylic acids is 1. The molecule has 0 atom stereocenters. The normalized spacial score (nSPS) is 11.0. The van der Waals surface area contributed by atoms with Crippen molar-refractivity contribution in [2.75, 3.05) is 0 Å². The molecule has 0 saturated heterocycles. The molecule has 0 aliphatic heterocycles. The highest BCUT2D eigenvalue weighted by Gasteiger charge is 2.24. The molecule has 27 heavy (non-hydrogen) atoms. The van der Waals surface area contributed by atoms with E-state index in [1.54, 1.807) is 47.4 Å². The molecule has 0 unspecified atom stereocenters. The first-order valence-electron chi connectivity index (χ1n) is 8.19. The number of hydrogen-bond donors (Lipinski definition) is 0. The van der Waals surface area contributed by atoms with Gasteiger partial charge in [0.1, 0.15) is 0 Å². The molecular weight excluding hydrogens is 453 g/mol. The molecular formula is C19H16BrCl2N3O2. The lowest BCUT2D eigenvalue weighted by atomic mass is 10.1. The second kappa shape index (κ2) is 8.42. The first-order valence-corrected chi connectivity index (χ1v) is 9.74. The van der Waals surface area contributed by atoms with E-state index in [2.05, 4.69) is 26.1 Å². The summed E-state index contributed by atoms with van der Waals surface area (Å²) in [5.74, 6) is 0.508. The van der Waals surface area contributed by atoms with Crippen LogP contribution in [-0.2, 0) is 6.54 Å². The quantitative estimate of drug-likeness (QED) is 0.470. The molecule has 0 aliphatic carbocycles. The zero-order valence-electron chi connectivity index (χ0n) is 14.6. The van der Waals surface area contributed by atoms with Gasteiger partial charge in [-0.05, 0) is 56.3 Å². The fourth-order valence-corrected chi connectivity index (χ4v) is 3.16. The van der Waals surface area contributed by atoms with Gasteiger partial charge in [-0.25, -0.2) is 0 Å². The van der Waals surface area contributed by atoms with Crippen molar-refractivity contribution in [3.8, 4) is 11.5 Å². The maximum absolute atomic E-state index is 13.0. The van der Waals surface area contributed by atoms with E-state index in [9.17, 15) is 4.79 Å². The molecule has 3 rings (SSSR count). The van der Waals surface area contributed by atoms with Crippen LogP contribution in [0.3, 0.4) is 0 Å². The van der Waals surface area contributed by atoms with Crippen LogP contribution in [0.2, 0.25) is 10.0 Å². The average molecular weight is 469 g/mol. The summed E-state index contributed by atoms with van der Waals surface area (Å²) in [5.41, 5.74) is 1.17. The van der Waals surface area contributed by atoms with Crippen LogP contribution >= 0.6 is 39.1 Å². The Bertz CT molecular complexity index is 958. The molecule has 1 amide bonds. The summed E-state index contributed by atoms with van der Waals surface area (Å²) in [6, 6.07) is 12.2. The summed E-state index contributed by atoms with van der Waals surface area (Å²) in [7, 11) is 0. The number of halogens is 3. The molecule has 0 radical (unpaired) electrons. The molecule has 0 saturated carbocycles. The SMILES string of the molecule is CC(C)N(Cc1nnc(-c2ccc(Cl)cc2)o1)C(=O)c1cc(Br)ccc1Cl. The van der Waals surface area contributed by atoms with Crippen LogP contribution in [0.25, 0.3) is 11.5 Å². The monoisotopic (exact) mass is 467 g/mol. The van der Waals surface area contributed by atoms with Crippen molar-refractivity contribution in [2.24, 2.45) is 0 Å². The van der Waals surface area contributed by atoms with Gasteiger partial charge in [-0.3, -0.25) is 4.79 Å². The fourth-order valence-electron chi connectivity index (χ4n) is 2.48. The molecule has 0 fully saturated rings. The first-order chi connectivity index (χ1) is 12.8. The van der Waals surface area contributed by atoms with Gasteiger partial charge < -0.3 is 9.32 Å². The molecule has 8 heteroatoms. The number of hydrogen-bond acceptors (Lipinski definition) is 4. The van der Waals surface area contributed by atoms with Crippen molar-refractivity contribution in [1.82, 2.24) is 15.1 Å². The Morgan fingerprint density at radius 1 is 1.15 bits per heavy atom.